The van der Waals surface area contributed by atoms with E-state index in [0.717, 1.165) is 12.0 Å². The highest BCUT2D eigenvalue weighted by Gasteiger charge is 2.34. The smallest absolute Gasteiger partial charge is 0.0118 e. The lowest BCUT2D eigenvalue weighted by molar-refractivity contribution is 0.277. The molecule has 1 aromatic carbocycles. The van der Waals surface area contributed by atoms with Gasteiger partial charge in [-0.3, -0.25) is 0 Å². The summed E-state index contributed by atoms with van der Waals surface area (Å²) in [5.41, 5.74) is 3.69. The molecule has 0 spiro atoms. The summed E-state index contributed by atoms with van der Waals surface area (Å²) < 4.78 is 0. The van der Waals surface area contributed by atoms with Gasteiger partial charge in [0.2, 0.25) is 0 Å². The lowest BCUT2D eigenvalue weighted by Gasteiger charge is -2.32. The van der Waals surface area contributed by atoms with Crippen LogP contribution in [0, 0.1) is 5.41 Å². The second kappa shape index (κ2) is 5.28. The van der Waals surface area contributed by atoms with Crippen molar-refractivity contribution in [1.82, 2.24) is 5.32 Å². The van der Waals surface area contributed by atoms with Crippen molar-refractivity contribution in [3.63, 3.8) is 0 Å². The molecule has 0 bridgehead atoms. The van der Waals surface area contributed by atoms with E-state index in [4.69, 9.17) is 0 Å². The number of rotatable bonds is 3. The minimum Gasteiger partial charge on any atom is -0.313 e. The van der Waals surface area contributed by atoms with Gasteiger partial charge < -0.3 is 5.32 Å². The zero-order chi connectivity index (χ0) is 13.3. The molecule has 1 N–H and O–H groups in total. The van der Waals surface area contributed by atoms with E-state index >= 15 is 0 Å². The average molecular weight is 257 g/mol. The SMILES string of the molecule is CC1(C)CCCC1NCC1CCCc2ccccc21. The lowest BCUT2D eigenvalue weighted by Crippen LogP contribution is -2.40. The van der Waals surface area contributed by atoms with E-state index in [2.05, 4.69) is 43.4 Å². The first-order chi connectivity index (χ1) is 9.17. The van der Waals surface area contributed by atoms with Crippen molar-refractivity contribution in [1.29, 1.82) is 0 Å². The van der Waals surface area contributed by atoms with E-state index in [1.165, 1.54) is 45.1 Å². The molecule has 0 aromatic heterocycles. The van der Waals surface area contributed by atoms with Crippen LogP contribution in [-0.4, -0.2) is 12.6 Å². The molecule has 104 valence electrons. The van der Waals surface area contributed by atoms with Gasteiger partial charge in [0.1, 0.15) is 0 Å². The predicted octanol–water partition coefficient (Wildman–Crippen LogP) is 4.27. The predicted molar refractivity (Wildman–Crippen MR) is 81.5 cm³/mol. The summed E-state index contributed by atoms with van der Waals surface area (Å²) >= 11 is 0. The second-order valence-corrected chi connectivity index (χ2v) is 7.13. The van der Waals surface area contributed by atoms with Crippen LogP contribution in [0.3, 0.4) is 0 Å². The summed E-state index contributed by atoms with van der Waals surface area (Å²) in [7, 11) is 0. The van der Waals surface area contributed by atoms with Gasteiger partial charge in [0.15, 0.2) is 0 Å². The van der Waals surface area contributed by atoms with Crippen molar-refractivity contribution in [2.24, 2.45) is 5.41 Å². The van der Waals surface area contributed by atoms with Gasteiger partial charge in [-0.25, -0.2) is 0 Å². The molecule has 2 unspecified atom stereocenters. The third-order valence-corrected chi connectivity index (χ3v) is 5.36. The maximum absolute atomic E-state index is 3.88. The van der Waals surface area contributed by atoms with E-state index < -0.39 is 0 Å². The summed E-state index contributed by atoms with van der Waals surface area (Å²) in [6.07, 6.45) is 8.13. The van der Waals surface area contributed by atoms with Gasteiger partial charge in [-0.2, -0.15) is 0 Å². The first-order valence-corrected chi connectivity index (χ1v) is 7.98. The normalized spacial score (nSPS) is 29.2. The van der Waals surface area contributed by atoms with Crippen LogP contribution in [0.15, 0.2) is 24.3 Å². The Morgan fingerprint density at radius 1 is 1.16 bits per heavy atom. The number of nitrogens with one attached hydrogen (secondary N) is 1. The number of benzene rings is 1. The zero-order valence-corrected chi connectivity index (χ0v) is 12.4. The van der Waals surface area contributed by atoms with E-state index in [9.17, 15) is 0 Å². The van der Waals surface area contributed by atoms with Crippen LogP contribution in [-0.2, 0) is 6.42 Å². The standard InChI is InChI=1S/C18H27N/c1-18(2)12-6-11-17(18)19-13-15-9-5-8-14-7-3-4-10-16(14)15/h3-4,7,10,15,17,19H,5-6,8-9,11-13H2,1-2H3. The van der Waals surface area contributed by atoms with Crippen LogP contribution in [0.1, 0.15) is 63.0 Å². The molecular formula is C18H27N. The molecule has 0 radical (unpaired) electrons. The molecule has 1 fully saturated rings. The monoisotopic (exact) mass is 257 g/mol. The Hall–Kier alpha value is -0.820. The van der Waals surface area contributed by atoms with Gasteiger partial charge in [0.25, 0.3) is 0 Å². The van der Waals surface area contributed by atoms with Crippen LogP contribution < -0.4 is 5.32 Å². The molecule has 1 aromatic rings. The molecule has 3 rings (SSSR count). The van der Waals surface area contributed by atoms with Gasteiger partial charge in [0.05, 0.1) is 0 Å². The largest absolute Gasteiger partial charge is 0.313 e. The van der Waals surface area contributed by atoms with Crippen molar-refractivity contribution in [2.45, 2.75) is 64.3 Å². The molecular weight excluding hydrogens is 230 g/mol. The Morgan fingerprint density at radius 3 is 2.79 bits per heavy atom. The minimum absolute atomic E-state index is 0.494. The number of hydrogen-bond acceptors (Lipinski definition) is 1. The topological polar surface area (TPSA) is 12.0 Å². The van der Waals surface area contributed by atoms with E-state index in [0.29, 0.717) is 5.41 Å². The highest BCUT2D eigenvalue weighted by atomic mass is 14.9. The van der Waals surface area contributed by atoms with E-state index in [-0.39, 0.29) is 0 Å². The van der Waals surface area contributed by atoms with Gasteiger partial charge in [-0.05, 0) is 54.6 Å². The Bertz CT molecular complexity index is 435. The van der Waals surface area contributed by atoms with Crippen LogP contribution in [0.25, 0.3) is 0 Å². The Labute approximate surface area is 117 Å². The first kappa shape index (κ1) is 13.2. The van der Waals surface area contributed by atoms with Gasteiger partial charge >= 0.3 is 0 Å². The van der Waals surface area contributed by atoms with Crippen molar-refractivity contribution in [3.05, 3.63) is 35.4 Å². The molecule has 0 aliphatic heterocycles. The molecule has 1 nitrogen and oxygen atoms in total. The zero-order valence-electron chi connectivity index (χ0n) is 12.4. The minimum atomic E-state index is 0.494. The third kappa shape index (κ3) is 2.72. The highest BCUT2D eigenvalue weighted by molar-refractivity contribution is 5.32. The lowest BCUT2D eigenvalue weighted by atomic mass is 9.82. The summed E-state index contributed by atoms with van der Waals surface area (Å²) in [4.78, 5) is 0. The number of fused-ring (bicyclic) bond motifs is 1. The van der Waals surface area contributed by atoms with Crippen LogP contribution in [0.4, 0.5) is 0 Å². The average Bonchev–Trinajstić information content (AvgIpc) is 2.75. The molecule has 0 saturated heterocycles. The molecule has 1 saturated carbocycles. The van der Waals surface area contributed by atoms with Crippen LogP contribution >= 0.6 is 0 Å². The third-order valence-electron chi connectivity index (χ3n) is 5.36. The quantitative estimate of drug-likeness (QED) is 0.852. The van der Waals surface area contributed by atoms with E-state index in [1.54, 1.807) is 11.1 Å². The van der Waals surface area contributed by atoms with Crippen LogP contribution in [0.2, 0.25) is 0 Å². The van der Waals surface area contributed by atoms with E-state index in [1.807, 2.05) is 0 Å². The Morgan fingerprint density at radius 2 is 2.00 bits per heavy atom. The first-order valence-electron chi connectivity index (χ1n) is 7.98. The van der Waals surface area contributed by atoms with Crippen molar-refractivity contribution < 1.29 is 0 Å². The molecule has 1 heteroatoms. The number of aryl methyl sites for hydroxylation is 1. The fraction of sp³-hybridized carbons (Fsp3) is 0.667. The molecule has 2 atom stereocenters. The summed E-state index contributed by atoms with van der Waals surface area (Å²) in [6.45, 7) is 6.02. The number of hydrogen-bond donors (Lipinski definition) is 1. The maximum atomic E-state index is 3.88. The van der Waals surface area contributed by atoms with Gasteiger partial charge in [-0.15, -0.1) is 0 Å². The van der Waals surface area contributed by atoms with Crippen molar-refractivity contribution in [2.75, 3.05) is 6.54 Å². The Kier molecular flexibility index (Phi) is 3.66. The Balaban J connectivity index is 1.65. The summed E-state index contributed by atoms with van der Waals surface area (Å²) in [5.74, 6) is 0.737. The second-order valence-electron chi connectivity index (χ2n) is 7.13. The van der Waals surface area contributed by atoms with Crippen molar-refractivity contribution >= 4 is 0 Å². The van der Waals surface area contributed by atoms with Crippen LogP contribution in [0.5, 0.6) is 0 Å². The molecule has 2 aliphatic rings. The molecule has 19 heavy (non-hydrogen) atoms. The molecule has 0 heterocycles. The fourth-order valence-electron chi connectivity index (χ4n) is 4.06. The summed E-state index contributed by atoms with van der Waals surface area (Å²) in [5, 5.41) is 3.88. The fourth-order valence-corrected chi connectivity index (χ4v) is 4.06. The van der Waals surface area contributed by atoms with Crippen molar-refractivity contribution in [3.8, 4) is 0 Å². The van der Waals surface area contributed by atoms with Gasteiger partial charge in [-0.1, -0.05) is 44.5 Å². The molecule has 2 aliphatic carbocycles. The highest BCUT2D eigenvalue weighted by Crippen LogP contribution is 2.38. The molecule has 0 amide bonds. The summed E-state index contributed by atoms with van der Waals surface area (Å²) in [6, 6.07) is 9.79. The van der Waals surface area contributed by atoms with Gasteiger partial charge in [0, 0.05) is 12.6 Å². The maximum Gasteiger partial charge on any atom is 0.0118 e.